The van der Waals surface area contributed by atoms with Gasteiger partial charge in [0.05, 0.1) is 17.4 Å². The molecule has 0 radical (unpaired) electrons. The van der Waals surface area contributed by atoms with E-state index in [9.17, 15) is 4.79 Å². The Balaban J connectivity index is 1.93. The van der Waals surface area contributed by atoms with Gasteiger partial charge in [0.2, 0.25) is 0 Å². The molecule has 1 heterocycles. The van der Waals surface area contributed by atoms with Crippen LogP contribution < -0.4 is 5.32 Å². The molecule has 1 amide bonds. The summed E-state index contributed by atoms with van der Waals surface area (Å²) in [4.78, 5) is 12.0. The molecule has 1 aromatic heterocycles. The lowest BCUT2D eigenvalue weighted by Gasteiger charge is -2.05. The average Bonchev–Trinajstić information content (AvgIpc) is 2.89. The second-order valence-electron chi connectivity index (χ2n) is 3.96. The number of carbonyl (C=O) groups is 1. The molecular formula is C14H11N3O. The van der Waals surface area contributed by atoms with Gasteiger partial charge in [0.1, 0.15) is 0 Å². The third-order valence-corrected chi connectivity index (χ3v) is 2.77. The molecule has 0 fully saturated rings. The Kier molecular flexibility index (Phi) is 2.53. The van der Waals surface area contributed by atoms with Crippen LogP contribution >= 0.6 is 0 Å². The number of fused-ring (bicyclic) bond motifs is 1. The number of anilines is 1. The van der Waals surface area contributed by atoms with Gasteiger partial charge in [-0.15, -0.1) is 0 Å². The molecule has 2 aromatic carbocycles. The summed E-state index contributed by atoms with van der Waals surface area (Å²) < 4.78 is 0. The fourth-order valence-electron chi connectivity index (χ4n) is 1.86. The van der Waals surface area contributed by atoms with E-state index in [-0.39, 0.29) is 5.91 Å². The van der Waals surface area contributed by atoms with E-state index < -0.39 is 0 Å². The van der Waals surface area contributed by atoms with Crippen molar-refractivity contribution in [1.82, 2.24) is 10.2 Å². The first kappa shape index (κ1) is 10.5. The molecule has 0 spiro atoms. The summed E-state index contributed by atoms with van der Waals surface area (Å²) in [7, 11) is 0. The minimum Gasteiger partial charge on any atom is -0.321 e. The van der Waals surface area contributed by atoms with Crippen molar-refractivity contribution in [3.05, 3.63) is 60.3 Å². The van der Waals surface area contributed by atoms with Crippen LogP contribution in [-0.2, 0) is 0 Å². The van der Waals surface area contributed by atoms with Crippen molar-refractivity contribution in [3.63, 3.8) is 0 Å². The number of rotatable bonds is 2. The molecule has 4 nitrogen and oxygen atoms in total. The summed E-state index contributed by atoms with van der Waals surface area (Å²) in [6, 6.07) is 14.8. The number of hydrogen-bond donors (Lipinski definition) is 2. The zero-order valence-electron chi connectivity index (χ0n) is 9.55. The van der Waals surface area contributed by atoms with Crippen LogP contribution in [0.2, 0.25) is 0 Å². The molecule has 3 rings (SSSR count). The first-order chi connectivity index (χ1) is 8.84. The van der Waals surface area contributed by atoms with Gasteiger partial charge >= 0.3 is 0 Å². The van der Waals surface area contributed by atoms with Gasteiger partial charge in [0.15, 0.2) is 0 Å². The Hall–Kier alpha value is -2.62. The Morgan fingerprint density at radius 2 is 1.89 bits per heavy atom. The van der Waals surface area contributed by atoms with Crippen molar-refractivity contribution in [2.45, 2.75) is 0 Å². The lowest BCUT2D eigenvalue weighted by molar-refractivity contribution is 0.102. The molecule has 4 heteroatoms. The molecule has 0 atom stereocenters. The van der Waals surface area contributed by atoms with E-state index in [1.807, 2.05) is 36.4 Å². The van der Waals surface area contributed by atoms with Gasteiger partial charge in [0.25, 0.3) is 5.91 Å². The van der Waals surface area contributed by atoms with Crippen LogP contribution in [0.4, 0.5) is 5.69 Å². The molecule has 88 valence electrons. The van der Waals surface area contributed by atoms with Gasteiger partial charge in [-0.1, -0.05) is 24.3 Å². The van der Waals surface area contributed by atoms with E-state index in [0.717, 1.165) is 16.6 Å². The van der Waals surface area contributed by atoms with Crippen LogP contribution in [0.1, 0.15) is 10.4 Å². The predicted octanol–water partition coefficient (Wildman–Crippen LogP) is 2.82. The summed E-state index contributed by atoms with van der Waals surface area (Å²) in [5.74, 6) is -0.121. The highest BCUT2D eigenvalue weighted by Gasteiger charge is 2.08. The van der Waals surface area contributed by atoms with Gasteiger partial charge in [-0.3, -0.25) is 9.89 Å². The minimum atomic E-state index is -0.121. The number of nitrogens with one attached hydrogen (secondary N) is 2. The highest BCUT2D eigenvalue weighted by atomic mass is 16.1. The molecule has 0 aliphatic heterocycles. The monoisotopic (exact) mass is 237 g/mol. The molecule has 0 saturated heterocycles. The topological polar surface area (TPSA) is 57.8 Å². The predicted molar refractivity (Wildman–Crippen MR) is 70.5 cm³/mol. The Morgan fingerprint density at radius 3 is 2.72 bits per heavy atom. The van der Waals surface area contributed by atoms with Crippen molar-refractivity contribution in [2.75, 3.05) is 5.32 Å². The molecule has 0 aliphatic carbocycles. The molecule has 0 saturated carbocycles. The normalized spacial score (nSPS) is 10.4. The number of H-pyrrole nitrogens is 1. The maximum absolute atomic E-state index is 12.0. The van der Waals surface area contributed by atoms with Crippen LogP contribution in [0.15, 0.2) is 54.7 Å². The molecule has 2 N–H and O–H groups in total. The minimum absolute atomic E-state index is 0.121. The second-order valence-corrected chi connectivity index (χ2v) is 3.96. The van der Waals surface area contributed by atoms with Crippen molar-refractivity contribution in [1.29, 1.82) is 0 Å². The van der Waals surface area contributed by atoms with Gasteiger partial charge < -0.3 is 5.32 Å². The fraction of sp³-hybridized carbons (Fsp3) is 0. The van der Waals surface area contributed by atoms with E-state index >= 15 is 0 Å². The van der Waals surface area contributed by atoms with Crippen LogP contribution in [0.25, 0.3) is 10.9 Å². The van der Waals surface area contributed by atoms with Crippen molar-refractivity contribution < 1.29 is 4.79 Å². The standard InChI is InChI=1S/C14H11N3O/c18-14(10-5-2-1-3-6-10)16-12-7-4-8-13-11(12)9-15-17-13/h1-9H,(H,15,17)(H,16,18). The van der Waals surface area contributed by atoms with Crippen LogP contribution in [0.3, 0.4) is 0 Å². The molecule has 0 bridgehead atoms. The lowest BCUT2D eigenvalue weighted by Crippen LogP contribution is -2.11. The van der Waals surface area contributed by atoms with Crippen molar-refractivity contribution >= 4 is 22.5 Å². The van der Waals surface area contributed by atoms with Crippen LogP contribution in [-0.4, -0.2) is 16.1 Å². The number of aromatic nitrogens is 2. The number of carbonyl (C=O) groups excluding carboxylic acids is 1. The Labute approximate surface area is 104 Å². The number of nitrogens with zero attached hydrogens (tertiary/aromatic N) is 1. The Morgan fingerprint density at radius 1 is 1.06 bits per heavy atom. The maximum atomic E-state index is 12.0. The Bertz CT molecular complexity index is 688. The summed E-state index contributed by atoms with van der Waals surface area (Å²) in [6.07, 6.45) is 1.70. The quantitative estimate of drug-likeness (QED) is 0.720. The van der Waals surface area contributed by atoms with Crippen molar-refractivity contribution in [2.24, 2.45) is 0 Å². The molecule has 0 aliphatic rings. The van der Waals surface area contributed by atoms with E-state index in [2.05, 4.69) is 15.5 Å². The average molecular weight is 237 g/mol. The van der Waals surface area contributed by atoms with Gasteiger partial charge in [-0.2, -0.15) is 5.10 Å². The van der Waals surface area contributed by atoms with E-state index in [0.29, 0.717) is 5.56 Å². The summed E-state index contributed by atoms with van der Waals surface area (Å²) >= 11 is 0. The van der Waals surface area contributed by atoms with Crippen LogP contribution in [0, 0.1) is 0 Å². The van der Waals surface area contributed by atoms with Gasteiger partial charge in [0, 0.05) is 10.9 Å². The second kappa shape index (κ2) is 4.33. The number of aromatic amines is 1. The fourth-order valence-corrected chi connectivity index (χ4v) is 1.86. The first-order valence-electron chi connectivity index (χ1n) is 5.63. The smallest absolute Gasteiger partial charge is 0.255 e. The highest BCUT2D eigenvalue weighted by Crippen LogP contribution is 2.21. The van der Waals surface area contributed by atoms with Crippen LogP contribution in [0.5, 0.6) is 0 Å². The summed E-state index contributed by atoms with van der Waals surface area (Å²) in [5, 5.41) is 10.6. The number of amides is 1. The SMILES string of the molecule is O=C(Nc1cccc2[nH]ncc12)c1ccccc1. The zero-order valence-corrected chi connectivity index (χ0v) is 9.55. The number of hydrogen-bond acceptors (Lipinski definition) is 2. The van der Waals surface area contributed by atoms with E-state index in [1.165, 1.54) is 0 Å². The van der Waals surface area contributed by atoms with E-state index in [1.54, 1.807) is 18.3 Å². The third kappa shape index (κ3) is 1.84. The van der Waals surface area contributed by atoms with Gasteiger partial charge in [-0.25, -0.2) is 0 Å². The van der Waals surface area contributed by atoms with Gasteiger partial charge in [-0.05, 0) is 24.3 Å². The highest BCUT2D eigenvalue weighted by molar-refractivity contribution is 6.08. The zero-order chi connectivity index (χ0) is 12.4. The third-order valence-electron chi connectivity index (χ3n) is 2.77. The molecule has 0 unspecified atom stereocenters. The largest absolute Gasteiger partial charge is 0.321 e. The maximum Gasteiger partial charge on any atom is 0.255 e. The molecular weight excluding hydrogens is 226 g/mol. The first-order valence-corrected chi connectivity index (χ1v) is 5.63. The molecule has 18 heavy (non-hydrogen) atoms. The van der Waals surface area contributed by atoms with E-state index in [4.69, 9.17) is 0 Å². The van der Waals surface area contributed by atoms with Crippen molar-refractivity contribution in [3.8, 4) is 0 Å². The summed E-state index contributed by atoms with van der Waals surface area (Å²) in [6.45, 7) is 0. The molecule has 3 aromatic rings. The lowest BCUT2D eigenvalue weighted by atomic mass is 10.2. The number of benzene rings is 2. The summed E-state index contributed by atoms with van der Waals surface area (Å²) in [5.41, 5.74) is 2.30.